The molecule has 0 aromatic carbocycles. The molecule has 0 aliphatic carbocycles. The van der Waals surface area contributed by atoms with Gasteiger partial charge in [0, 0.05) is 12.6 Å². The Labute approximate surface area is 77.5 Å². The third-order valence-electron chi connectivity index (χ3n) is 1.38. The van der Waals surface area contributed by atoms with Crippen LogP contribution in [0.1, 0.15) is 5.56 Å². The Morgan fingerprint density at radius 2 is 2.27 bits per heavy atom. The van der Waals surface area contributed by atoms with Gasteiger partial charge in [0.2, 0.25) is 0 Å². The SMILES string of the molecule is CNc1n[nH]c(=O)c(C)c1I. The lowest BCUT2D eigenvalue weighted by Gasteiger charge is -2.02. The van der Waals surface area contributed by atoms with Gasteiger partial charge < -0.3 is 5.32 Å². The predicted molar refractivity (Wildman–Crippen MR) is 51.9 cm³/mol. The first-order valence-corrected chi connectivity index (χ1v) is 4.17. The molecule has 0 aliphatic heterocycles. The quantitative estimate of drug-likeness (QED) is 0.736. The summed E-state index contributed by atoms with van der Waals surface area (Å²) in [6, 6.07) is 0. The fourth-order valence-corrected chi connectivity index (χ4v) is 1.32. The van der Waals surface area contributed by atoms with Crippen molar-refractivity contribution in [3.8, 4) is 0 Å². The number of anilines is 1. The second-order valence-corrected chi connectivity index (χ2v) is 3.17. The molecule has 1 aromatic rings. The maximum Gasteiger partial charge on any atom is 0.268 e. The third kappa shape index (κ3) is 1.52. The highest BCUT2D eigenvalue weighted by atomic mass is 127. The number of aromatic amines is 1. The van der Waals surface area contributed by atoms with Crippen LogP contribution >= 0.6 is 22.6 Å². The van der Waals surface area contributed by atoms with Gasteiger partial charge in [-0.05, 0) is 29.5 Å². The zero-order valence-corrected chi connectivity index (χ0v) is 8.39. The Kier molecular flexibility index (Phi) is 2.48. The number of rotatable bonds is 1. The van der Waals surface area contributed by atoms with E-state index in [4.69, 9.17) is 0 Å². The van der Waals surface area contributed by atoms with E-state index in [0.717, 1.165) is 3.57 Å². The van der Waals surface area contributed by atoms with Gasteiger partial charge in [-0.2, -0.15) is 5.10 Å². The molecule has 0 atom stereocenters. The fourth-order valence-electron chi connectivity index (χ4n) is 0.683. The number of aromatic nitrogens is 2. The maximum absolute atomic E-state index is 11.0. The molecule has 0 aliphatic rings. The predicted octanol–water partition coefficient (Wildman–Crippen LogP) is 0.725. The first-order valence-electron chi connectivity index (χ1n) is 3.09. The van der Waals surface area contributed by atoms with Crippen LogP contribution in [0.4, 0.5) is 5.82 Å². The molecule has 11 heavy (non-hydrogen) atoms. The smallest absolute Gasteiger partial charge is 0.268 e. The van der Waals surface area contributed by atoms with Gasteiger partial charge in [0.25, 0.3) is 5.56 Å². The van der Waals surface area contributed by atoms with Gasteiger partial charge in [-0.25, -0.2) is 5.10 Å². The largest absolute Gasteiger partial charge is 0.371 e. The minimum atomic E-state index is -0.131. The highest BCUT2D eigenvalue weighted by Crippen LogP contribution is 2.13. The highest BCUT2D eigenvalue weighted by Gasteiger charge is 2.04. The first kappa shape index (κ1) is 8.51. The third-order valence-corrected chi connectivity index (χ3v) is 2.70. The van der Waals surface area contributed by atoms with Crippen molar-refractivity contribution in [2.75, 3.05) is 12.4 Å². The summed E-state index contributed by atoms with van der Waals surface area (Å²) in [4.78, 5) is 11.0. The molecular weight excluding hydrogens is 257 g/mol. The van der Waals surface area contributed by atoms with Crippen LogP contribution in [0.15, 0.2) is 4.79 Å². The number of H-pyrrole nitrogens is 1. The van der Waals surface area contributed by atoms with Crippen LogP contribution in [0.3, 0.4) is 0 Å². The van der Waals surface area contributed by atoms with Crippen LogP contribution in [0, 0.1) is 10.5 Å². The molecule has 1 heterocycles. The number of hydrogen-bond donors (Lipinski definition) is 2. The van der Waals surface area contributed by atoms with Crippen molar-refractivity contribution < 1.29 is 0 Å². The summed E-state index contributed by atoms with van der Waals surface area (Å²) >= 11 is 2.09. The lowest BCUT2D eigenvalue weighted by atomic mass is 10.3. The Hall–Kier alpha value is -0.590. The van der Waals surface area contributed by atoms with Crippen LogP contribution in [0.2, 0.25) is 0 Å². The highest BCUT2D eigenvalue weighted by molar-refractivity contribution is 14.1. The van der Waals surface area contributed by atoms with Crippen molar-refractivity contribution in [3.63, 3.8) is 0 Å². The van der Waals surface area contributed by atoms with Crippen LogP contribution in [-0.4, -0.2) is 17.2 Å². The van der Waals surface area contributed by atoms with E-state index in [1.54, 1.807) is 14.0 Å². The molecule has 4 nitrogen and oxygen atoms in total. The number of hydrogen-bond acceptors (Lipinski definition) is 3. The molecule has 60 valence electrons. The van der Waals surface area contributed by atoms with Gasteiger partial charge in [-0.15, -0.1) is 0 Å². The van der Waals surface area contributed by atoms with Crippen LogP contribution < -0.4 is 10.9 Å². The monoisotopic (exact) mass is 265 g/mol. The molecule has 0 amide bonds. The van der Waals surface area contributed by atoms with E-state index in [2.05, 4.69) is 38.1 Å². The summed E-state index contributed by atoms with van der Waals surface area (Å²) in [5, 5.41) is 9.06. The summed E-state index contributed by atoms with van der Waals surface area (Å²) in [5.74, 6) is 0.711. The average Bonchev–Trinajstić information content (AvgIpc) is 2.01. The van der Waals surface area contributed by atoms with E-state index in [1.807, 2.05) is 0 Å². The van der Waals surface area contributed by atoms with E-state index in [1.165, 1.54) is 0 Å². The zero-order valence-electron chi connectivity index (χ0n) is 6.23. The average molecular weight is 265 g/mol. The zero-order chi connectivity index (χ0) is 8.43. The Morgan fingerprint density at radius 3 is 2.82 bits per heavy atom. The molecule has 0 bridgehead atoms. The molecule has 0 saturated heterocycles. The van der Waals surface area contributed by atoms with Gasteiger partial charge in [0.15, 0.2) is 5.82 Å². The lowest BCUT2D eigenvalue weighted by Crippen LogP contribution is -2.15. The van der Waals surface area contributed by atoms with Crippen molar-refractivity contribution in [1.82, 2.24) is 10.2 Å². The molecule has 0 fully saturated rings. The van der Waals surface area contributed by atoms with Gasteiger partial charge >= 0.3 is 0 Å². The van der Waals surface area contributed by atoms with Crippen molar-refractivity contribution >= 4 is 28.4 Å². The van der Waals surface area contributed by atoms with E-state index in [0.29, 0.717) is 11.4 Å². The Balaban J connectivity index is 3.37. The molecule has 1 rings (SSSR count). The summed E-state index contributed by atoms with van der Waals surface area (Å²) in [6.07, 6.45) is 0. The van der Waals surface area contributed by atoms with Crippen molar-refractivity contribution in [3.05, 3.63) is 19.5 Å². The molecular formula is C6H8IN3O. The van der Waals surface area contributed by atoms with E-state index in [9.17, 15) is 4.79 Å². The van der Waals surface area contributed by atoms with E-state index < -0.39 is 0 Å². The molecule has 2 N–H and O–H groups in total. The van der Waals surface area contributed by atoms with Crippen LogP contribution in [0.5, 0.6) is 0 Å². The van der Waals surface area contributed by atoms with Crippen LogP contribution in [-0.2, 0) is 0 Å². The van der Waals surface area contributed by atoms with Gasteiger partial charge in [0.1, 0.15) is 0 Å². The van der Waals surface area contributed by atoms with Crippen molar-refractivity contribution in [1.29, 1.82) is 0 Å². The minimum absolute atomic E-state index is 0.131. The van der Waals surface area contributed by atoms with Crippen LogP contribution in [0.25, 0.3) is 0 Å². The normalized spacial score (nSPS) is 9.73. The second kappa shape index (κ2) is 3.21. The Morgan fingerprint density at radius 1 is 1.64 bits per heavy atom. The maximum atomic E-state index is 11.0. The molecule has 0 radical (unpaired) electrons. The summed E-state index contributed by atoms with van der Waals surface area (Å²) in [6.45, 7) is 1.77. The molecule has 0 saturated carbocycles. The Bertz CT molecular complexity index is 320. The molecule has 1 aromatic heterocycles. The second-order valence-electron chi connectivity index (χ2n) is 2.09. The fraction of sp³-hybridized carbons (Fsp3) is 0.333. The summed E-state index contributed by atoms with van der Waals surface area (Å²) in [7, 11) is 1.77. The van der Waals surface area contributed by atoms with Gasteiger partial charge in [-0.3, -0.25) is 4.79 Å². The number of nitrogens with zero attached hydrogens (tertiary/aromatic N) is 1. The number of halogens is 1. The van der Waals surface area contributed by atoms with Gasteiger partial charge in [0.05, 0.1) is 3.57 Å². The summed E-state index contributed by atoms with van der Waals surface area (Å²) in [5.41, 5.74) is 0.568. The van der Waals surface area contributed by atoms with Crippen molar-refractivity contribution in [2.45, 2.75) is 6.92 Å². The number of nitrogens with one attached hydrogen (secondary N) is 2. The van der Waals surface area contributed by atoms with E-state index >= 15 is 0 Å². The molecule has 0 unspecified atom stereocenters. The van der Waals surface area contributed by atoms with E-state index in [-0.39, 0.29) is 5.56 Å². The van der Waals surface area contributed by atoms with Crippen molar-refractivity contribution in [2.24, 2.45) is 0 Å². The standard InChI is InChI=1S/C6H8IN3O/c1-3-4(7)5(8-2)9-10-6(3)11/h1-2H3,(H,8,9)(H,10,11). The lowest BCUT2D eigenvalue weighted by molar-refractivity contribution is 0.961. The minimum Gasteiger partial charge on any atom is -0.371 e. The summed E-state index contributed by atoms with van der Waals surface area (Å²) < 4.78 is 0.869. The topological polar surface area (TPSA) is 57.8 Å². The van der Waals surface area contributed by atoms with Gasteiger partial charge in [-0.1, -0.05) is 0 Å². The molecule has 5 heteroatoms. The first-order chi connectivity index (χ1) is 5.16. The molecule has 0 spiro atoms.